The molecule has 0 saturated heterocycles. The zero-order chi connectivity index (χ0) is 18.8. The van der Waals surface area contributed by atoms with E-state index < -0.39 is 5.41 Å². The number of carbonyl (C=O) groups excluding carboxylic acids is 1. The largest absolute Gasteiger partial charge is 0.468 e. The van der Waals surface area contributed by atoms with Crippen molar-refractivity contribution in [1.82, 2.24) is 9.97 Å². The van der Waals surface area contributed by atoms with E-state index >= 15 is 0 Å². The van der Waals surface area contributed by atoms with Gasteiger partial charge in [0, 0.05) is 17.3 Å². The summed E-state index contributed by atoms with van der Waals surface area (Å²) in [5.74, 6) is 1.34. The Morgan fingerprint density at radius 2 is 1.77 bits per heavy atom. The number of nitrogens with zero attached hydrogens (tertiary/aromatic N) is 2. The van der Waals surface area contributed by atoms with Crippen LogP contribution in [0.3, 0.4) is 0 Å². The molecule has 1 saturated carbocycles. The van der Waals surface area contributed by atoms with Gasteiger partial charge in [-0.3, -0.25) is 4.79 Å². The zero-order valence-corrected chi connectivity index (χ0v) is 15.8. The molecule has 6 heteroatoms. The highest BCUT2D eigenvalue weighted by Crippen LogP contribution is 2.45. The molecule has 26 heavy (non-hydrogen) atoms. The van der Waals surface area contributed by atoms with Gasteiger partial charge in [-0.15, -0.1) is 0 Å². The summed E-state index contributed by atoms with van der Waals surface area (Å²) in [6.07, 6.45) is 4.28. The number of hydrogen-bond donors (Lipinski definition) is 2. The minimum atomic E-state index is -0.466. The molecule has 1 fully saturated rings. The summed E-state index contributed by atoms with van der Waals surface area (Å²) in [6.45, 7) is 6.25. The SMILES string of the molecule is COC(=O)C1(c2ccc(Nc3cc(NC(C)(C)C)ncn3)cc2)CCC1. The quantitative estimate of drug-likeness (QED) is 0.790. The van der Waals surface area contributed by atoms with E-state index in [0.29, 0.717) is 5.82 Å². The fourth-order valence-corrected chi connectivity index (χ4v) is 3.24. The Bertz CT molecular complexity index is 777. The number of rotatable bonds is 5. The first kappa shape index (κ1) is 18.2. The van der Waals surface area contributed by atoms with Gasteiger partial charge in [0.1, 0.15) is 18.0 Å². The second kappa shape index (κ2) is 6.94. The molecule has 1 heterocycles. The van der Waals surface area contributed by atoms with Crippen molar-refractivity contribution in [2.75, 3.05) is 17.7 Å². The van der Waals surface area contributed by atoms with E-state index in [1.165, 1.54) is 13.4 Å². The Hall–Kier alpha value is -2.63. The van der Waals surface area contributed by atoms with Crippen molar-refractivity contribution >= 4 is 23.3 Å². The Morgan fingerprint density at radius 1 is 1.12 bits per heavy atom. The molecule has 0 amide bonds. The van der Waals surface area contributed by atoms with Crippen LogP contribution in [-0.2, 0) is 14.9 Å². The molecular weight excluding hydrogens is 328 g/mol. The van der Waals surface area contributed by atoms with Crippen molar-refractivity contribution in [3.05, 3.63) is 42.2 Å². The van der Waals surface area contributed by atoms with E-state index in [1.54, 1.807) is 0 Å². The standard InChI is InChI=1S/C20H26N4O2/c1-19(2,3)24-17-12-16(21-13-22-17)23-15-8-6-14(7-9-15)20(10-5-11-20)18(25)26-4/h6-9,12-13H,5,10-11H2,1-4H3,(H2,21,22,23,24). The Kier molecular flexibility index (Phi) is 4.85. The van der Waals surface area contributed by atoms with E-state index in [1.807, 2.05) is 30.3 Å². The van der Waals surface area contributed by atoms with Crippen molar-refractivity contribution in [2.45, 2.75) is 51.0 Å². The van der Waals surface area contributed by atoms with Crippen molar-refractivity contribution in [3.8, 4) is 0 Å². The summed E-state index contributed by atoms with van der Waals surface area (Å²) in [5.41, 5.74) is 1.39. The lowest BCUT2D eigenvalue weighted by Gasteiger charge is -2.39. The Morgan fingerprint density at radius 3 is 2.31 bits per heavy atom. The van der Waals surface area contributed by atoms with Crippen LogP contribution in [-0.4, -0.2) is 28.6 Å². The molecule has 0 atom stereocenters. The van der Waals surface area contributed by atoms with Gasteiger partial charge in [-0.05, 0) is 51.3 Å². The number of ether oxygens (including phenoxy) is 1. The minimum Gasteiger partial charge on any atom is -0.468 e. The lowest BCUT2D eigenvalue weighted by Crippen LogP contribution is -2.43. The lowest BCUT2D eigenvalue weighted by atomic mass is 9.64. The van der Waals surface area contributed by atoms with Gasteiger partial charge in [0.2, 0.25) is 0 Å². The number of carbonyl (C=O) groups is 1. The van der Waals surface area contributed by atoms with Crippen LogP contribution >= 0.6 is 0 Å². The molecule has 3 rings (SSSR count). The smallest absolute Gasteiger partial charge is 0.316 e. The number of esters is 1. The second-order valence-electron chi connectivity index (χ2n) is 7.79. The lowest BCUT2D eigenvalue weighted by molar-refractivity contribution is -0.151. The molecule has 138 valence electrons. The van der Waals surface area contributed by atoms with Crippen molar-refractivity contribution in [3.63, 3.8) is 0 Å². The predicted octanol–water partition coefficient (Wildman–Crippen LogP) is 4.03. The number of anilines is 3. The molecule has 1 aliphatic rings. The molecule has 2 aromatic rings. The molecule has 0 aliphatic heterocycles. The zero-order valence-electron chi connectivity index (χ0n) is 15.8. The maximum atomic E-state index is 12.2. The van der Waals surface area contributed by atoms with Crippen LogP contribution in [0.4, 0.5) is 17.3 Å². The highest BCUT2D eigenvalue weighted by Gasteiger charge is 2.46. The third kappa shape index (κ3) is 3.79. The first-order valence-electron chi connectivity index (χ1n) is 8.89. The van der Waals surface area contributed by atoms with E-state index in [0.717, 1.165) is 36.3 Å². The Labute approximate surface area is 154 Å². The van der Waals surface area contributed by atoms with E-state index in [-0.39, 0.29) is 11.5 Å². The second-order valence-corrected chi connectivity index (χ2v) is 7.79. The van der Waals surface area contributed by atoms with E-state index in [2.05, 4.69) is 41.4 Å². The van der Waals surface area contributed by atoms with Gasteiger partial charge in [-0.25, -0.2) is 9.97 Å². The van der Waals surface area contributed by atoms with E-state index in [9.17, 15) is 4.79 Å². The third-order valence-electron chi connectivity index (χ3n) is 4.66. The molecular formula is C20H26N4O2. The normalized spacial score (nSPS) is 15.7. The number of aromatic nitrogens is 2. The van der Waals surface area contributed by atoms with Crippen LogP contribution in [0.2, 0.25) is 0 Å². The van der Waals surface area contributed by atoms with Gasteiger partial charge in [-0.2, -0.15) is 0 Å². The average molecular weight is 354 g/mol. The number of methoxy groups -OCH3 is 1. The molecule has 0 radical (unpaired) electrons. The van der Waals surface area contributed by atoms with Crippen molar-refractivity contribution < 1.29 is 9.53 Å². The van der Waals surface area contributed by atoms with Crippen LogP contribution in [0.5, 0.6) is 0 Å². The average Bonchev–Trinajstić information content (AvgIpc) is 2.54. The van der Waals surface area contributed by atoms with Crippen molar-refractivity contribution in [1.29, 1.82) is 0 Å². The summed E-state index contributed by atoms with van der Waals surface area (Å²) < 4.78 is 5.01. The molecule has 0 unspecified atom stereocenters. The van der Waals surface area contributed by atoms with Gasteiger partial charge in [0.05, 0.1) is 12.5 Å². The molecule has 2 N–H and O–H groups in total. The minimum absolute atomic E-state index is 0.0712. The number of benzene rings is 1. The van der Waals surface area contributed by atoms with Crippen LogP contribution < -0.4 is 10.6 Å². The summed E-state index contributed by atoms with van der Waals surface area (Å²) in [5, 5.41) is 6.61. The van der Waals surface area contributed by atoms with Gasteiger partial charge in [0.25, 0.3) is 0 Å². The van der Waals surface area contributed by atoms with Crippen LogP contribution in [0, 0.1) is 0 Å². The van der Waals surface area contributed by atoms with Crippen LogP contribution in [0.1, 0.15) is 45.6 Å². The van der Waals surface area contributed by atoms with Gasteiger partial charge >= 0.3 is 5.97 Å². The molecule has 0 bridgehead atoms. The molecule has 0 spiro atoms. The fraction of sp³-hybridized carbons (Fsp3) is 0.450. The summed E-state index contributed by atoms with van der Waals surface area (Å²) >= 11 is 0. The summed E-state index contributed by atoms with van der Waals surface area (Å²) in [4.78, 5) is 20.7. The molecule has 1 aliphatic carbocycles. The van der Waals surface area contributed by atoms with Crippen LogP contribution in [0.15, 0.2) is 36.7 Å². The number of nitrogens with one attached hydrogen (secondary N) is 2. The van der Waals surface area contributed by atoms with Gasteiger partial charge in [-0.1, -0.05) is 18.6 Å². The molecule has 1 aromatic heterocycles. The first-order valence-corrected chi connectivity index (χ1v) is 8.89. The predicted molar refractivity (Wildman–Crippen MR) is 103 cm³/mol. The highest BCUT2D eigenvalue weighted by atomic mass is 16.5. The van der Waals surface area contributed by atoms with Crippen LogP contribution in [0.25, 0.3) is 0 Å². The van der Waals surface area contributed by atoms with Gasteiger partial charge < -0.3 is 15.4 Å². The summed E-state index contributed by atoms with van der Waals surface area (Å²) in [6, 6.07) is 9.80. The molecule has 6 nitrogen and oxygen atoms in total. The maximum absolute atomic E-state index is 12.2. The maximum Gasteiger partial charge on any atom is 0.316 e. The first-order chi connectivity index (χ1) is 12.3. The molecule has 1 aromatic carbocycles. The van der Waals surface area contributed by atoms with E-state index in [4.69, 9.17) is 4.74 Å². The topological polar surface area (TPSA) is 76.1 Å². The summed E-state index contributed by atoms with van der Waals surface area (Å²) in [7, 11) is 1.46. The fourth-order valence-electron chi connectivity index (χ4n) is 3.24. The van der Waals surface area contributed by atoms with Gasteiger partial charge in [0.15, 0.2) is 0 Å². The highest BCUT2D eigenvalue weighted by molar-refractivity contribution is 5.84. The Balaban J connectivity index is 1.74. The third-order valence-corrected chi connectivity index (χ3v) is 4.66. The van der Waals surface area contributed by atoms with Crippen molar-refractivity contribution in [2.24, 2.45) is 0 Å². The number of hydrogen-bond acceptors (Lipinski definition) is 6. The monoisotopic (exact) mass is 354 g/mol.